The summed E-state index contributed by atoms with van der Waals surface area (Å²) in [6, 6.07) is 7.09. The van der Waals surface area contributed by atoms with Crippen molar-refractivity contribution in [2.45, 2.75) is 19.4 Å². The lowest BCUT2D eigenvalue weighted by Crippen LogP contribution is -2.36. The number of hydrogen-bond acceptors (Lipinski definition) is 3. The van der Waals surface area contributed by atoms with Crippen LogP contribution in [0.15, 0.2) is 24.3 Å². The van der Waals surface area contributed by atoms with Crippen LogP contribution in [0.2, 0.25) is 0 Å². The smallest absolute Gasteiger partial charge is 0.127 e. The normalized spacial score (nSPS) is 16.7. The van der Waals surface area contributed by atoms with E-state index < -0.39 is 0 Å². The first-order valence-corrected chi connectivity index (χ1v) is 6.69. The van der Waals surface area contributed by atoms with Gasteiger partial charge in [0.25, 0.3) is 0 Å². The Morgan fingerprint density at radius 2 is 1.95 bits per heavy atom. The highest BCUT2D eigenvalue weighted by atomic mass is 19.1. The van der Waals surface area contributed by atoms with Crippen LogP contribution in [0, 0.1) is 11.7 Å². The summed E-state index contributed by atoms with van der Waals surface area (Å²) in [5.41, 5.74) is 0.819. The molecule has 1 saturated heterocycles. The summed E-state index contributed by atoms with van der Waals surface area (Å²) >= 11 is 0. The summed E-state index contributed by atoms with van der Waals surface area (Å²) < 4.78 is 13.5. The number of carbonyl (C=O) groups excluding carboxylic acids is 1. The van der Waals surface area contributed by atoms with E-state index >= 15 is 0 Å². The zero-order valence-corrected chi connectivity index (χ0v) is 11.6. The van der Waals surface area contributed by atoms with Gasteiger partial charge >= 0.3 is 0 Å². The predicted octanol–water partition coefficient (Wildman–Crippen LogP) is 2.07. The molecule has 1 aliphatic rings. The molecule has 0 atom stereocenters. The van der Waals surface area contributed by atoms with Crippen molar-refractivity contribution in [3.05, 3.63) is 35.6 Å². The Kier molecular flexibility index (Phi) is 7.30. The van der Waals surface area contributed by atoms with Crippen LogP contribution < -0.4 is 5.32 Å². The summed E-state index contributed by atoms with van der Waals surface area (Å²) in [5, 5.41) is 3.23. The quantitative estimate of drug-likeness (QED) is 0.905. The van der Waals surface area contributed by atoms with Gasteiger partial charge in [0.15, 0.2) is 0 Å². The Bertz CT molecular complexity index is 365. The van der Waals surface area contributed by atoms with Crippen molar-refractivity contribution in [3.63, 3.8) is 0 Å². The number of piperidine rings is 1. The van der Waals surface area contributed by atoms with Crippen LogP contribution in [0.3, 0.4) is 0 Å². The molecule has 1 fully saturated rings. The third-order valence-corrected chi connectivity index (χ3v) is 3.55. The zero-order valence-electron chi connectivity index (χ0n) is 11.6. The van der Waals surface area contributed by atoms with Gasteiger partial charge in [0.05, 0.1) is 0 Å². The van der Waals surface area contributed by atoms with E-state index in [9.17, 15) is 4.39 Å². The average Bonchev–Trinajstić information content (AvgIpc) is 2.46. The molecule has 0 unspecified atom stereocenters. The summed E-state index contributed by atoms with van der Waals surface area (Å²) in [6.45, 7) is 6.02. The molecule has 2 rings (SSSR count). The zero-order chi connectivity index (χ0) is 14.1. The number of nitrogens with zero attached hydrogens (tertiary/aromatic N) is 1. The maximum Gasteiger partial charge on any atom is 0.127 e. The first-order valence-electron chi connectivity index (χ1n) is 6.69. The van der Waals surface area contributed by atoms with Crippen molar-refractivity contribution in [1.29, 1.82) is 0 Å². The summed E-state index contributed by atoms with van der Waals surface area (Å²) in [7, 11) is 2.01. The third kappa shape index (κ3) is 5.09. The Morgan fingerprint density at radius 3 is 2.53 bits per heavy atom. The van der Waals surface area contributed by atoms with Crippen molar-refractivity contribution in [2.75, 3.05) is 26.7 Å². The second-order valence-corrected chi connectivity index (χ2v) is 4.87. The highest BCUT2D eigenvalue weighted by Gasteiger charge is 2.19. The minimum absolute atomic E-state index is 0.0788. The molecule has 0 bridgehead atoms. The van der Waals surface area contributed by atoms with Crippen LogP contribution in [-0.2, 0) is 11.3 Å². The second kappa shape index (κ2) is 8.77. The number of rotatable bonds is 4. The van der Waals surface area contributed by atoms with Gasteiger partial charge in [0.2, 0.25) is 0 Å². The van der Waals surface area contributed by atoms with Crippen molar-refractivity contribution >= 4 is 6.79 Å². The SMILES string of the molecule is C=O.CNCC1CCN(Cc2ccccc2F)CC1. The van der Waals surface area contributed by atoms with Gasteiger partial charge < -0.3 is 10.1 Å². The minimum Gasteiger partial charge on any atom is -0.319 e. The van der Waals surface area contributed by atoms with Gasteiger partial charge in [-0.3, -0.25) is 4.90 Å². The van der Waals surface area contributed by atoms with Crippen molar-refractivity contribution in [2.24, 2.45) is 5.92 Å². The highest BCUT2D eigenvalue weighted by molar-refractivity contribution is 5.17. The topological polar surface area (TPSA) is 32.3 Å². The van der Waals surface area contributed by atoms with E-state index in [1.807, 2.05) is 26.0 Å². The number of benzene rings is 1. The largest absolute Gasteiger partial charge is 0.319 e. The summed E-state index contributed by atoms with van der Waals surface area (Å²) in [6.07, 6.45) is 2.44. The Labute approximate surface area is 114 Å². The average molecular weight is 266 g/mol. The fraction of sp³-hybridized carbons (Fsp3) is 0.533. The molecule has 0 aromatic heterocycles. The van der Waals surface area contributed by atoms with Crippen LogP contribution in [0.4, 0.5) is 4.39 Å². The minimum atomic E-state index is -0.0788. The molecule has 0 spiro atoms. The lowest BCUT2D eigenvalue weighted by molar-refractivity contribution is -0.0979. The van der Waals surface area contributed by atoms with E-state index in [0.717, 1.165) is 37.7 Å². The van der Waals surface area contributed by atoms with E-state index in [0.29, 0.717) is 0 Å². The monoisotopic (exact) mass is 266 g/mol. The van der Waals surface area contributed by atoms with Gasteiger partial charge in [0, 0.05) is 12.1 Å². The highest BCUT2D eigenvalue weighted by Crippen LogP contribution is 2.19. The van der Waals surface area contributed by atoms with E-state index in [1.165, 1.54) is 12.8 Å². The summed E-state index contributed by atoms with van der Waals surface area (Å²) in [4.78, 5) is 10.4. The predicted molar refractivity (Wildman–Crippen MR) is 75.4 cm³/mol. The molecule has 106 valence electrons. The van der Waals surface area contributed by atoms with E-state index in [4.69, 9.17) is 4.79 Å². The van der Waals surface area contributed by atoms with Gasteiger partial charge in [-0.1, -0.05) is 18.2 Å². The number of likely N-dealkylation sites (tertiary alicyclic amines) is 1. The van der Waals surface area contributed by atoms with E-state index in [2.05, 4.69) is 10.2 Å². The van der Waals surface area contributed by atoms with E-state index in [1.54, 1.807) is 12.1 Å². The van der Waals surface area contributed by atoms with Gasteiger partial charge in [-0.25, -0.2) is 4.39 Å². The molecule has 1 N–H and O–H groups in total. The number of carbonyl (C=O) groups is 1. The van der Waals surface area contributed by atoms with Crippen molar-refractivity contribution in [3.8, 4) is 0 Å². The number of nitrogens with one attached hydrogen (secondary N) is 1. The Morgan fingerprint density at radius 1 is 1.32 bits per heavy atom. The first-order chi connectivity index (χ1) is 9.29. The molecule has 19 heavy (non-hydrogen) atoms. The molecule has 4 heteroatoms. The molecule has 0 amide bonds. The molecule has 1 aromatic carbocycles. The maximum absolute atomic E-state index is 13.5. The standard InChI is InChI=1S/C14H21FN2.CH2O/c1-16-10-12-6-8-17(9-7-12)11-13-4-2-3-5-14(13)15;1-2/h2-5,12,16H,6-11H2,1H3;1H2. The molecule has 0 aliphatic carbocycles. The lowest BCUT2D eigenvalue weighted by atomic mass is 9.96. The van der Waals surface area contributed by atoms with Gasteiger partial charge in [-0.15, -0.1) is 0 Å². The van der Waals surface area contributed by atoms with E-state index in [-0.39, 0.29) is 5.82 Å². The fourth-order valence-electron chi connectivity index (χ4n) is 2.50. The van der Waals surface area contributed by atoms with Crippen LogP contribution in [0.25, 0.3) is 0 Å². The molecular formula is C15H23FN2O. The first kappa shape index (κ1) is 15.8. The van der Waals surface area contributed by atoms with Crippen LogP contribution >= 0.6 is 0 Å². The molecular weight excluding hydrogens is 243 g/mol. The van der Waals surface area contributed by atoms with Gasteiger partial charge in [0.1, 0.15) is 12.6 Å². The van der Waals surface area contributed by atoms with Gasteiger partial charge in [-0.2, -0.15) is 0 Å². The van der Waals surface area contributed by atoms with Crippen molar-refractivity contribution < 1.29 is 9.18 Å². The molecule has 1 heterocycles. The summed E-state index contributed by atoms with van der Waals surface area (Å²) in [5.74, 6) is 0.710. The molecule has 0 saturated carbocycles. The van der Waals surface area contributed by atoms with Gasteiger partial charge in [-0.05, 0) is 51.5 Å². The van der Waals surface area contributed by atoms with Crippen LogP contribution in [-0.4, -0.2) is 38.4 Å². The molecule has 0 radical (unpaired) electrons. The Balaban J connectivity index is 0.000000861. The molecule has 1 aromatic rings. The fourth-order valence-corrected chi connectivity index (χ4v) is 2.50. The Hall–Kier alpha value is -1.26. The maximum atomic E-state index is 13.5. The van der Waals surface area contributed by atoms with Crippen molar-refractivity contribution in [1.82, 2.24) is 10.2 Å². The molecule has 3 nitrogen and oxygen atoms in total. The number of halogens is 1. The second-order valence-electron chi connectivity index (χ2n) is 4.87. The number of hydrogen-bond donors (Lipinski definition) is 1. The van der Waals surface area contributed by atoms with Crippen LogP contribution in [0.5, 0.6) is 0 Å². The van der Waals surface area contributed by atoms with Crippen LogP contribution in [0.1, 0.15) is 18.4 Å². The third-order valence-electron chi connectivity index (χ3n) is 3.55. The lowest BCUT2D eigenvalue weighted by Gasteiger charge is -2.31. The molecule has 1 aliphatic heterocycles.